The van der Waals surface area contributed by atoms with Crippen molar-refractivity contribution >= 4 is 19.8 Å². The van der Waals surface area contributed by atoms with E-state index >= 15 is 0 Å². The molecule has 0 aromatic heterocycles. The normalized spacial score (nSPS) is 10.7. The summed E-state index contributed by atoms with van der Waals surface area (Å²) < 4.78 is 14.5. The molecular weight excluding hydrogens is 201 g/mol. The van der Waals surface area contributed by atoms with Crippen LogP contribution < -0.4 is 21.3 Å². The average molecular weight is 210 g/mol. The van der Waals surface area contributed by atoms with Gasteiger partial charge in [-0.3, -0.25) is 16.0 Å². The Labute approximate surface area is 74.0 Å². The van der Waals surface area contributed by atoms with Crippen molar-refractivity contribution in [3.63, 3.8) is 0 Å². The highest BCUT2D eigenvalue weighted by molar-refractivity contribution is 7.43. The Morgan fingerprint density at radius 2 is 2.00 bits per heavy atom. The summed E-state index contributed by atoms with van der Waals surface area (Å²) >= 11 is 0. The van der Waals surface area contributed by atoms with Crippen LogP contribution in [-0.2, 0) is 13.9 Å². The largest absolute Gasteiger partial charge is 0.780 e. The molecule has 4 N–H and O–H groups in total. The van der Waals surface area contributed by atoms with Crippen molar-refractivity contribution in [2.24, 2.45) is 11.5 Å². The fourth-order valence-electron chi connectivity index (χ4n) is 0.439. The lowest BCUT2D eigenvalue weighted by atomic mass is 10.6. The minimum Gasteiger partial charge on any atom is -0.780 e. The molecule has 0 radical (unpaired) electrons. The van der Waals surface area contributed by atoms with Crippen LogP contribution in [-0.4, -0.2) is 30.1 Å². The first kappa shape index (κ1) is 11.9. The van der Waals surface area contributed by atoms with Crippen LogP contribution in [0.2, 0.25) is 0 Å². The van der Waals surface area contributed by atoms with Gasteiger partial charge in [0.25, 0.3) is 0 Å². The number of hydrogen-bond acceptors (Lipinski definition) is 5. The minimum absolute atomic E-state index is 0.191. The molecule has 0 aromatic rings. The van der Waals surface area contributed by atoms with E-state index in [0.29, 0.717) is 0 Å². The standard InChI is InChI=1S/C4H10N3O5P/c1-7(4(5)6)2-3(8)12-13(9,10)11/h2H2,1H3,(H5,5,6,9,10,11)/p-1. The van der Waals surface area contributed by atoms with Crippen LogP contribution in [0, 0.1) is 0 Å². The third kappa shape index (κ3) is 6.09. The second-order valence-corrected chi connectivity index (χ2v) is 3.27. The highest BCUT2D eigenvalue weighted by atomic mass is 31.2. The van der Waals surface area contributed by atoms with Gasteiger partial charge in [-0.15, -0.1) is 0 Å². The van der Waals surface area contributed by atoms with E-state index in [1.807, 2.05) is 0 Å². The number of carbonyl (C=O) groups excluding carboxylic acids is 1. The van der Waals surface area contributed by atoms with Gasteiger partial charge in [0, 0.05) is 0 Å². The third-order valence-electron chi connectivity index (χ3n) is 1.02. The van der Waals surface area contributed by atoms with Crippen molar-refractivity contribution in [2.45, 2.75) is 0 Å². The van der Waals surface area contributed by atoms with E-state index in [-0.39, 0.29) is 5.96 Å². The first-order chi connectivity index (χ1) is 5.72. The summed E-state index contributed by atoms with van der Waals surface area (Å²) in [5.41, 5.74) is 10.1. The summed E-state index contributed by atoms with van der Waals surface area (Å²) in [7, 11) is -3.94. The Balaban J connectivity index is 4.20. The molecule has 0 saturated carbocycles. The summed E-state index contributed by atoms with van der Waals surface area (Å²) in [5.74, 6) is -1.42. The zero-order valence-electron chi connectivity index (χ0n) is 6.80. The van der Waals surface area contributed by atoms with Gasteiger partial charge < -0.3 is 18.9 Å². The van der Waals surface area contributed by atoms with Crippen molar-refractivity contribution < 1.29 is 28.2 Å². The molecule has 0 fully saturated rings. The second-order valence-electron chi connectivity index (χ2n) is 2.19. The molecule has 0 aromatic carbocycles. The van der Waals surface area contributed by atoms with E-state index in [1.54, 1.807) is 0 Å². The molecular formula is C4H9N3O5P-. The summed E-state index contributed by atoms with van der Waals surface area (Å²) in [6.45, 7) is -0.503. The monoisotopic (exact) mass is 210 g/mol. The predicted molar refractivity (Wildman–Crippen MR) is 38.1 cm³/mol. The third-order valence-corrected chi connectivity index (χ3v) is 1.45. The maximum absolute atomic E-state index is 10.6. The van der Waals surface area contributed by atoms with Gasteiger partial charge in [0.2, 0.25) is 0 Å². The van der Waals surface area contributed by atoms with Crippen LogP contribution in [0.25, 0.3) is 0 Å². The number of phosphoric acid groups is 1. The van der Waals surface area contributed by atoms with Gasteiger partial charge in [0.15, 0.2) is 6.54 Å². The number of phosphoric ester groups is 1. The van der Waals surface area contributed by atoms with E-state index in [1.165, 1.54) is 7.05 Å². The lowest BCUT2D eigenvalue weighted by Crippen LogP contribution is -2.37. The smallest absolute Gasteiger partial charge is 0.343 e. The van der Waals surface area contributed by atoms with Gasteiger partial charge in [-0.25, -0.2) is 4.79 Å². The van der Waals surface area contributed by atoms with Crippen molar-refractivity contribution in [3.05, 3.63) is 0 Å². The van der Waals surface area contributed by atoms with E-state index in [2.05, 4.69) is 4.52 Å². The number of hydrogen-bond donors (Lipinski definition) is 2. The van der Waals surface area contributed by atoms with Crippen LogP contribution in [0.1, 0.15) is 0 Å². The maximum atomic E-state index is 10.6. The van der Waals surface area contributed by atoms with Crippen molar-refractivity contribution in [1.29, 1.82) is 0 Å². The Bertz CT molecular complexity index is 278. The molecule has 9 heteroatoms. The summed E-state index contributed by atoms with van der Waals surface area (Å²) in [6.07, 6.45) is 0. The highest BCUT2D eigenvalue weighted by Crippen LogP contribution is 2.24. The predicted octanol–water partition coefficient (Wildman–Crippen LogP) is -3.73. The summed E-state index contributed by atoms with van der Waals surface area (Å²) in [6, 6.07) is 0. The molecule has 0 aliphatic rings. The molecule has 0 aliphatic heterocycles. The quantitative estimate of drug-likeness (QED) is 0.211. The van der Waals surface area contributed by atoms with Gasteiger partial charge in [0.1, 0.15) is 7.82 Å². The molecule has 76 valence electrons. The summed E-state index contributed by atoms with van der Waals surface area (Å²) in [4.78, 5) is 30.5. The number of nitrogens with zero attached hydrogens (tertiary/aromatic N) is 1. The van der Waals surface area contributed by atoms with Gasteiger partial charge in [-0.1, -0.05) is 0 Å². The van der Waals surface area contributed by atoms with Crippen LogP contribution in [0.5, 0.6) is 0 Å². The lowest BCUT2D eigenvalue weighted by Gasteiger charge is -2.27. The Morgan fingerprint density at radius 1 is 1.54 bits per heavy atom. The maximum Gasteiger partial charge on any atom is 0.343 e. The SMILES string of the molecule is C[N+](CC(=O)OP(=O)([O-])[O-])=C(N)N. The second kappa shape index (κ2) is 4.22. The molecule has 0 bridgehead atoms. The number of likely N-dealkylation sites (N-methyl/N-ethyl adjacent to an activating group) is 1. The first-order valence-electron chi connectivity index (χ1n) is 3.06. The summed E-state index contributed by atoms with van der Waals surface area (Å²) in [5, 5.41) is 0. The van der Waals surface area contributed by atoms with E-state index in [0.717, 1.165) is 4.58 Å². The minimum atomic E-state index is -5.28. The van der Waals surface area contributed by atoms with Gasteiger partial charge >= 0.3 is 11.9 Å². The lowest BCUT2D eigenvalue weighted by molar-refractivity contribution is -0.489. The molecule has 0 amide bonds. The fraction of sp³-hybridized carbons (Fsp3) is 0.500. The molecule has 8 nitrogen and oxygen atoms in total. The molecule has 0 saturated heterocycles. The fourth-order valence-corrected chi connectivity index (χ4v) is 0.746. The molecule has 0 atom stereocenters. The highest BCUT2D eigenvalue weighted by Gasteiger charge is 2.09. The molecule has 0 spiro atoms. The first-order valence-corrected chi connectivity index (χ1v) is 4.52. The van der Waals surface area contributed by atoms with Gasteiger partial charge in [0.05, 0.1) is 7.05 Å². The van der Waals surface area contributed by atoms with Crippen molar-refractivity contribution in [2.75, 3.05) is 13.6 Å². The molecule has 0 heterocycles. The zero-order chi connectivity index (χ0) is 10.6. The Kier molecular flexibility index (Phi) is 3.86. The van der Waals surface area contributed by atoms with Gasteiger partial charge in [-0.2, -0.15) is 0 Å². The van der Waals surface area contributed by atoms with Crippen LogP contribution in [0.3, 0.4) is 0 Å². The molecule has 0 unspecified atom stereocenters. The number of nitrogens with two attached hydrogens (primary N) is 2. The van der Waals surface area contributed by atoms with Gasteiger partial charge in [-0.05, 0) is 0 Å². The Hall–Kier alpha value is -1.11. The molecule has 13 heavy (non-hydrogen) atoms. The topological polar surface area (TPSA) is 145 Å². The van der Waals surface area contributed by atoms with E-state index < -0.39 is 20.3 Å². The molecule has 0 rings (SSSR count). The van der Waals surface area contributed by atoms with Crippen molar-refractivity contribution in [3.8, 4) is 0 Å². The number of carbonyl (C=O) groups is 1. The van der Waals surface area contributed by atoms with E-state index in [9.17, 15) is 19.1 Å². The number of rotatable bonds is 3. The van der Waals surface area contributed by atoms with E-state index in [4.69, 9.17) is 11.5 Å². The average Bonchev–Trinajstić information content (AvgIpc) is 1.81. The Morgan fingerprint density at radius 3 is 2.31 bits per heavy atom. The van der Waals surface area contributed by atoms with Crippen LogP contribution in [0.15, 0.2) is 0 Å². The molecule has 0 aliphatic carbocycles. The van der Waals surface area contributed by atoms with Crippen molar-refractivity contribution in [1.82, 2.24) is 0 Å². The van der Waals surface area contributed by atoms with Crippen LogP contribution in [0.4, 0.5) is 0 Å². The van der Waals surface area contributed by atoms with Crippen LogP contribution >= 0.6 is 7.82 Å². The number of guanidine groups is 1. The zero-order valence-corrected chi connectivity index (χ0v) is 7.69.